The number of hydrogen-bond donors (Lipinski definition) is 0. The predicted molar refractivity (Wildman–Crippen MR) is 84.3 cm³/mol. The molecule has 1 aromatic heterocycles. The lowest BCUT2D eigenvalue weighted by Gasteiger charge is -2.03. The average Bonchev–Trinajstić information content (AvgIpc) is 2.58. The molecule has 0 aliphatic rings. The van der Waals surface area contributed by atoms with E-state index < -0.39 is 0 Å². The molecule has 3 rings (SSSR count). The van der Waals surface area contributed by atoms with Crippen LogP contribution in [0.4, 0.5) is 0 Å². The summed E-state index contributed by atoms with van der Waals surface area (Å²) in [6.45, 7) is 4.00. The molecular weight excluding hydrogens is 244 g/mol. The van der Waals surface area contributed by atoms with Crippen molar-refractivity contribution in [2.24, 2.45) is 0 Å². The summed E-state index contributed by atoms with van der Waals surface area (Å²) < 4.78 is 0. The molecule has 0 amide bonds. The topological polar surface area (TPSA) is 25.8 Å². The summed E-state index contributed by atoms with van der Waals surface area (Å²) in [5.74, 6) is 0.761. The van der Waals surface area contributed by atoms with Gasteiger partial charge in [-0.3, -0.25) is 0 Å². The van der Waals surface area contributed by atoms with Crippen molar-refractivity contribution in [3.63, 3.8) is 0 Å². The molecule has 0 radical (unpaired) electrons. The maximum absolute atomic E-state index is 4.60. The van der Waals surface area contributed by atoms with Crippen molar-refractivity contribution in [3.8, 4) is 22.6 Å². The van der Waals surface area contributed by atoms with Crippen molar-refractivity contribution in [1.29, 1.82) is 0 Å². The number of benzene rings is 2. The van der Waals surface area contributed by atoms with Gasteiger partial charge >= 0.3 is 0 Å². The first-order chi connectivity index (χ1) is 9.93. The molecule has 0 saturated carbocycles. The van der Waals surface area contributed by atoms with Gasteiger partial charge < -0.3 is 0 Å². The fourth-order valence-corrected chi connectivity index (χ4v) is 1.85. The maximum Gasteiger partial charge on any atom is 0.159 e. The molecule has 0 bridgehead atoms. The largest absolute Gasteiger partial charge is 0.237 e. The summed E-state index contributed by atoms with van der Waals surface area (Å²) in [7, 11) is 0. The molecule has 0 fully saturated rings. The monoisotopic (exact) mass is 262 g/mol. The number of hydrogen-bond acceptors (Lipinski definition) is 2. The Hall–Kier alpha value is -2.48. The molecular formula is C18H18N2. The van der Waals surface area contributed by atoms with E-state index in [4.69, 9.17) is 0 Å². The van der Waals surface area contributed by atoms with E-state index >= 15 is 0 Å². The second kappa shape index (κ2) is 7.19. The van der Waals surface area contributed by atoms with Crippen LogP contribution in [0.3, 0.4) is 0 Å². The number of rotatable bonds is 2. The Morgan fingerprint density at radius 3 is 1.80 bits per heavy atom. The van der Waals surface area contributed by atoms with E-state index in [1.165, 1.54) is 0 Å². The molecule has 0 N–H and O–H groups in total. The molecule has 3 aromatic rings. The fraction of sp³-hybridized carbons (Fsp3) is 0.111. The normalized spacial score (nSPS) is 9.50. The summed E-state index contributed by atoms with van der Waals surface area (Å²) >= 11 is 0. The van der Waals surface area contributed by atoms with Crippen LogP contribution in [0.15, 0.2) is 72.9 Å². The Kier molecular flexibility index (Phi) is 5.01. The van der Waals surface area contributed by atoms with Crippen molar-refractivity contribution in [3.05, 3.63) is 72.9 Å². The van der Waals surface area contributed by atoms with E-state index in [2.05, 4.69) is 22.1 Å². The minimum atomic E-state index is 0.761. The lowest BCUT2D eigenvalue weighted by atomic mass is 10.1. The second-order valence-corrected chi connectivity index (χ2v) is 4.00. The third kappa shape index (κ3) is 3.29. The van der Waals surface area contributed by atoms with Gasteiger partial charge in [-0.05, 0) is 6.07 Å². The van der Waals surface area contributed by atoms with Gasteiger partial charge in [-0.1, -0.05) is 74.5 Å². The van der Waals surface area contributed by atoms with Gasteiger partial charge in [-0.2, -0.15) is 0 Å². The summed E-state index contributed by atoms with van der Waals surface area (Å²) in [5, 5.41) is 0. The van der Waals surface area contributed by atoms with Gasteiger partial charge in [0.2, 0.25) is 0 Å². The molecule has 1 heterocycles. The Balaban J connectivity index is 0.000000704. The van der Waals surface area contributed by atoms with Crippen molar-refractivity contribution in [1.82, 2.24) is 9.97 Å². The van der Waals surface area contributed by atoms with Crippen LogP contribution in [0.1, 0.15) is 13.8 Å². The molecule has 0 aliphatic carbocycles. The first-order valence-corrected chi connectivity index (χ1v) is 6.87. The molecule has 2 aromatic carbocycles. The van der Waals surface area contributed by atoms with Crippen LogP contribution in [0.2, 0.25) is 0 Å². The van der Waals surface area contributed by atoms with Crippen molar-refractivity contribution >= 4 is 0 Å². The predicted octanol–water partition coefficient (Wildman–Crippen LogP) is 4.84. The number of aromatic nitrogens is 2. The Bertz CT molecular complexity index is 579. The molecule has 0 saturated heterocycles. The quantitative estimate of drug-likeness (QED) is 0.660. The van der Waals surface area contributed by atoms with E-state index in [-0.39, 0.29) is 0 Å². The standard InChI is InChI=1S/C16H12N2.C2H6/c1-3-7-13(8-4-1)15-11-12-17-16(18-15)14-9-5-2-6-10-14;1-2/h1-12H;1-2H3. The third-order valence-corrected chi connectivity index (χ3v) is 2.76. The highest BCUT2D eigenvalue weighted by Crippen LogP contribution is 2.20. The van der Waals surface area contributed by atoms with Gasteiger partial charge in [-0.15, -0.1) is 0 Å². The third-order valence-electron chi connectivity index (χ3n) is 2.76. The van der Waals surface area contributed by atoms with Gasteiger partial charge in [0.05, 0.1) is 5.69 Å². The van der Waals surface area contributed by atoms with Gasteiger partial charge in [0.1, 0.15) is 0 Å². The van der Waals surface area contributed by atoms with Gasteiger partial charge in [0.15, 0.2) is 5.82 Å². The van der Waals surface area contributed by atoms with Crippen LogP contribution in [-0.4, -0.2) is 9.97 Å². The van der Waals surface area contributed by atoms with Crippen molar-refractivity contribution in [2.45, 2.75) is 13.8 Å². The van der Waals surface area contributed by atoms with E-state index in [9.17, 15) is 0 Å². The Morgan fingerprint density at radius 2 is 1.20 bits per heavy atom. The molecule has 2 heteroatoms. The van der Waals surface area contributed by atoms with Crippen LogP contribution in [0.5, 0.6) is 0 Å². The van der Waals surface area contributed by atoms with E-state index in [1.807, 2.05) is 68.4 Å². The molecule has 0 aliphatic heterocycles. The summed E-state index contributed by atoms with van der Waals surface area (Å²) in [4.78, 5) is 8.93. The van der Waals surface area contributed by atoms with Crippen LogP contribution >= 0.6 is 0 Å². The van der Waals surface area contributed by atoms with Gasteiger partial charge in [-0.25, -0.2) is 9.97 Å². The van der Waals surface area contributed by atoms with Crippen LogP contribution in [0.25, 0.3) is 22.6 Å². The minimum absolute atomic E-state index is 0.761. The Morgan fingerprint density at radius 1 is 0.650 bits per heavy atom. The van der Waals surface area contributed by atoms with Gasteiger partial charge in [0.25, 0.3) is 0 Å². The van der Waals surface area contributed by atoms with Crippen LogP contribution in [0, 0.1) is 0 Å². The first kappa shape index (κ1) is 13.9. The summed E-state index contributed by atoms with van der Waals surface area (Å²) in [5.41, 5.74) is 3.09. The fourth-order valence-electron chi connectivity index (χ4n) is 1.85. The first-order valence-electron chi connectivity index (χ1n) is 6.87. The van der Waals surface area contributed by atoms with Crippen LogP contribution in [-0.2, 0) is 0 Å². The SMILES string of the molecule is CC.c1ccc(-c2ccnc(-c3ccccc3)n2)cc1. The lowest BCUT2D eigenvalue weighted by molar-refractivity contribution is 1.18. The minimum Gasteiger partial charge on any atom is -0.237 e. The highest BCUT2D eigenvalue weighted by atomic mass is 14.9. The molecule has 100 valence electrons. The van der Waals surface area contributed by atoms with Crippen molar-refractivity contribution in [2.75, 3.05) is 0 Å². The second-order valence-electron chi connectivity index (χ2n) is 4.00. The van der Waals surface area contributed by atoms with E-state index in [0.29, 0.717) is 0 Å². The van der Waals surface area contributed by atoms with Crippen LogP contribution < -0.4 is 0 Å². The van der Waals surface area contributed by atoms with E-state index in [0.717, 1.165) is 22.6 Å². The van der Waals surface area contributed by atoms with Gasteiger partial charge in [0, 0.05) is 17.3 Å². The molecule has 0 atom stereocenters. The Labute approximate surface area is 120 Å². The zero-order valence-electron chi connectivity index (χ0n) is 11.8. The zero-order chi connectivity index (χ0) is 14.2. The number of nitrogens with zero attached hydrogens (tertiary/aromatic N) is 2. The molecule has 0 spiro atoms. The zero-order valence-corrected chi connectivity index (χ0v) is 11.8. The smallest absolute Gasteiger partial charge is 0.159 e. The summed E-state index contributed by atoms with van der Waals surface area (Å²) in [6, 6.07) is 22.1. The molecule has 20 heavy (non-hydrogen) atoms. The molecule has 0 unspecified atom stereocenters. The summed E-state index contributed by atoms with van der Waals surface area (Å²) in [6.07, 6.45) is 1.80. The van der Waals surface area contributed by atoms with E-state index in [1.54, 1.807) is 6.20 Å². The highest BCUT2D eigenvalue weighted by molar-refractivity contribution is 5.63. The molecule has 2 nitrogen and oxygen atoms in total. The average molecular weight is 262 g/mol. The van der Waals surface area contributed by atoms with Crippen molar-refractivity contribution < 1.29 is 0 Å². The maximum atomic E-state index is 4.60. The lowest BCUT2D eigenvalue weighted by Crippen LogP contribution is -1.90. The highest BCUT2D eigenvalue weighted by Gasteiger charge is 2.03.